The lowest BCUT2D eigenvalue weighted by Crippen LogP contribution is -2.37. The van der Waals surface area contributed by atoms with Crippen molar-refractivity contribution < 1.29 is 4.79 Å². The Morgan fingerprint density at radius 2 is 1.89 bits per heavy atom. The van der Waals surface area contributed by atoms with Crippen LogP contribution in [0.2, 0.25) is 0 Å². The van der Waals surface area contributed by atoms with Crippen LogP contribution >= 0.6 is 11.6 Å². The highest BCUT2D eigenvalue weighted by Gasteiger charge is 2.17. The van der Waals surface area contributed by atoms with Crippen LogP contribution in [0.5, 0.6) is 0 Å². The fourth-order valence-corrected chi connectivity index (χ4v) is 1.99. The van der Waals surface area contributed by atoms with Gasteiger partial charge in [0.1, 0.15) is 0 Å². The molecule has 0 N–H and O–H groups in total. The molecule has 0 saturated carbocycles. The summed E-state index contributed by atoms with van der Waals surface area (Å²) in [4.78, 5) is 14.3. The summed E-state index contributed by atoms with van der Waals surface area (Å²) in [5.74, 6) is 0.684. The smallest absolute Gasteiger partial charge is 0.254 e. The number of benzene rings is 1. The summed E-state index contributed by atoms with van der Waals surface area (Å²) in [6.07, 6.45) is 1.83. The largest absolute Gasteiger partial charge is 0.336 e. The number of amides is 1. The van der Waals surface area contributed by atoms with Crippen LogP contribution in [0.1, 0.15) is 43.1 Å². The topological polar surface area (TPSA) is 20.3 Å². The highest BCUT2D eigenvalue weighted by Crippen LogP contribution is 2.11. The molecule has 0 radical (unpaired) electrons. The van der Waals surface area contributed by atoms with E-state index in [2.05, 4.69) is 6.92 Å². The quantitative estimate of drug-likeness (QED) is 0.719. The summed E-state index contributed by atoms with van der Waals surface area (Å²) in [6.45, 7) is 6.90. The Balaban J connectivity index is 2.80. The van der Waals surface area contributed by atoms with E-state index in [4.69, 9.17) is 11.6 Å². The van der Waals surface area contributed by atoms with Crippen LogP contribution in [0.3, 0.4) is 0 Å². The minimum atomic E-state index is 0.0952. The summed E-state index contributed by atoms with van der Waals surface area (Å²) in [5.41, 5.74) is 2.01. The van der Waals surface area contributed by atoms with Gasteiger partial charge in [-0.3, -0.25) is 4.79 Å². The number of alkyl halides is 1. The Bertz CT molecular complexity index is 373. The van der Waals surface area contributed by atoms with E-state index >= 15 is 0 Å². The third kappa shape index (κ3) is 4.02. The second-order valence-corrected chi connectivity index (χ2v) is 5.06. The van der Waals surface area contributed by atoms with Crippen LogP contribution in [0.4, 0.5) is 0 Å². The molecular formula is C15H22ClNO. The third-order valence-electron chi connectivity index (χ3n) is 3.03. The minimum Gasteiger partial charge on any atom is -0.336 e. The van der Waals surface area contributed by atoms with Gasteiger partial charge < -0.3 is 4.90 Å². The normalized spacial score (nSPS) is 10.7. The molecule has 1 rings (SSSR count). The van der Waals surface area contributed by atoms with Crippen molar-refractivity contribution in [1.82, 2.24) is 4.90 Å². The predicted molar refractivity (Wildman–Crippen MR) is 77.3 cm³/mol. The molecule has 0 aliphatic carbocycles. The van der Waals surface area contributed by atoms with Crippen molar-refractivity contribution in [3.63, 3.8) is 0 Å². The molecule has 1 aromatic carbocycles. The molecule has 0 atom stereocenters. The number of halogens is 1. The van der Waals surface area contributed by atoms with Crippen LogP contribution in [0.25, 0.3) is 0 Å². The molecule has 0 fully saturated rings. The second kappa shape index (κ2) is 7.42. The van der Waals surface area contributed by atoms with E-state index in [1.807, 2.05) is 43.0 Å². The molecule has 2 nitrogen and oxygen atoms in total. The first kappa shape index (κ1) is 15.0. The van der Waals surface area contributed by atoms with E-state index in [-0.39, 0.29) is 11.9 Å². The molecule has 0 unspecified atom stereocenters. The Labute approximate surface area is 115 Å². The lowest BCUT2D eigenvalue weighted by atomic mass is 10.1. The Hall–Kier alpha value is -1.02. The molecule has 0 aromatic heterocycles. The van der Waals surface area contributed by atoms with Gasteiger partial charge >= 0.3 is 0 Å². The molecule has 0 aliphatic heterocycles. The molecule has 0 saturated heterocycles. The molecule has 0 bridgehead atoms. The van der Waals surface area contributed by atoms with Crippen molar-refractivity contribution in [1.29, 1.82) is 0 Å². The molecule has 100 valence electrons. The van der Waals surface area contributed by atoms with Gasteiger partial charge in [-0.25, -0.2) is 0 Å². The summed E-state index contributed by atoms with van der Waals surface area (Å²) in [6, 6.07) is 8.07. The average molecular weight is 268 g/mol. The van der Waals surface area contributed by atoms with Gasteiger partial charge in [-0.2, -0.15) is 0 Å². The van der Waals surface area contributed by atoms with Crippen LogP contribution in [-0.2, 0) is 6.42 Å². The molecule has 1 amide bonds. The average Bonchev–Trinajstić information content (AvgIpc) is 2.38. The van der Waals surface area contributed by atoms with Crippen LogP contribution in [-0.4, -0.2) is 29.3 Å². The van der Waals surface area contributed by atoms with E-state index in [9.17, 15) is 4.79 Å². The summed E-state index contributed by atoms with van der Waals surface area (Å²) < 4.78 is 0. The molecule has 0 aliphatic rings. The van der Waals surface area contributed by atoms with Crippen molar-refractivity contribution >= 4 is 17.5 Å². The summed E-state index contributed by atoms with van der Waals surface area (Å²) in [5, 5.41) is 0. The first-order valence-electron chi connectivity index (χ1n) is 6.56. The van der Waals surface area contributed by atoms with E-state index < -0.39 is 0 Å². The van der Waals surface area contributed by atoms with Crippen molar-refractivity contribution in [3.05, 3.63) is 35.4 Å². The van der Waals surface area contributed by atoms with Gasteiger partial charge in [0.05, 0.1) is 0 Å². The lowest BCUT2D eigenvalue weighted by Gasteiger charge is -2.26. The van der Waals surface area contributed by atoms with Gasteiger partial charge in [-0.05, 0) is 44.4 Å². The van der Waals surface area contributed by atoms with E-state index in [0.29, 0.717) is 5.88 Å². The third-order valence-corrected chi connectivity index (χ3v) is 3.29. The zero-order valence-electron chi connectivity index (χ0n) is 11.4. The molecular weight excluding hydrogens is 246 g/mol. The maximum absolute atomic E-state index is 12.4. The van der Waals surface area contributed by atoms with Gasteiger partial charge in [-0.15, -0.1) is 11.6 Å². The molecule has 0 spiro atoms. The maximum atomic E-state index is 12.4. The Morgan fingerprint density at radius 1 is 1.28 bits per heavy atom. The van der Waals surface area contributed by atoms with Gasteiger partial charge in [0.2, 0.25) is 0 Å². The fraction of sp³-hybridized carbons (Fsp3) is 0.533. The van der Waals surface area contributed by atoms with E-state index in [0.717, 1.165) is 24.9 Å². The molecule has 0 heterocycles. The van der Waals surface area contributed by atoms with Crippen molar-refractivity contribution in [2.75, 3.05) is 12.4 Å². The van der Waals surface area contributed by atoms with Crippen LogP contribution in [0.15, 0.2) is 24.3 Å². The predicted octanol–water partition coefficient (Wildman–Crippen LogP) is 3.73. The standard InChI is InChI=1S/C15H22ClNO/c1-4-13-6-8-14(9-7-13)15(18)17(12(2)3)11-5-10-16/h6-9,12H,4-5,10-11H2,1-3H3. The number of hydrogen-bond donors (Lipinski definition) is 0. The van der Waals surface area contributed by atoms with Gasteiger partial charge in [0, 0.05) is 24.0 Å². The zero-order valence-corrected chi connectivity index (χ0v) is 12.2. The van der Waals surface area contributed by atoms with Crippen molar-refractivity contribution in [3.8, 4) is 0 Å². The second-order valence-electron chi connectivity index (χ2n) is 4.69. The van der Waals surface area contributed by atoms with Crippen LogP contribution in [0, 0.1) is 0 Å². The highest BCUT2D eigenvalue weighted by atomic mass is 35.5. The number of nitrogens with zero attached hydrogens (tertiary/aromatic N) is 1. The zero-order chi connectivity index (χ0) is 13.5. The van der Waals surface area contributed by atoms with Gasteiger partial charge in [-0.1, -0.05) is 19.1 Å². The monoisotopic (exact) mass is 267 g/mol. The van der Waals surface area contributed by atoms with Gasteiger partial charge in [0.25, 0.3) is 5.91 Å². The Kier molecular flexibility index (Phi) is 6.20. The summed E-state index contributed by atoms with van der Waals surface area (Å²) >= 11 is 5.70. The van der Waals surface area contributed by atoms with Gasteiger partial charge in [0.15, 0.2) is 0 Å². The van der Waals surface area contributed by atoms with Crippen LogP contribution < -0.4 is 0 Å². The minimum absolute atomic E-state index is 0.0952. The molecule has 1 aromatic rings. The van der Waals surface area contributed by atoms with Crippen molar-refractivity contribution in [2.45, 2.75) is 39.7 Å². The van der Waals surface area contributed by atoms with E-state index in [1.54, 1.807) is 0 Å². The number of aryl methyl sites for hydroxylation is 1. The first-order valence-corrected chi connectivity index (χ1v) is 7.09. The number of rotatable bonds is 6. The SMILES string of the molecule is CCc1ccc(C(=O)N(CCCCl)C(C)C)cc1. The number of carbonyl (C=O) groups is 1. The fourth-order valence-electron chi connectivity index (χ4n) is 1.87. The highest BCUT2D eigenvalue weighted by molar-refractivity contribution is 6.17. The summed E-state index contributed by atoms with van der Waals surface area (Å²) in [7, 11) is 0. The number of carbonyl (C=O) groups excluding carboxylic acids is 1. The molecule has 3 heteroatoms. The van der Waals surface area contributed by atoms with Crippen molar-refractivity contribution in [2.24, 2.45) is 0 Å². The maximum Gasteiger partial charge on any atom is 0.254 e. The molecule has 18 heavy (non-hydrogen) atoms. The number of hydrogen-bond acceptors (Lipinski definition) is 1. The lowest BCUT2D eigenvalue weighted by molar-refractivity contribution is 0.0706. The Morgan fingerprint density at radius 3 is 2.33 bits per heavy atom. The first-order chi connectivity index (χ1) is 8.60. The van der Waals surface area contributed by atoms with E-state index in [1.165, 1.54) is 5.56 Å².